The monoisotopic (exact) mass is 264 g/mol. The Morgan fingerprint density at radius 2 is 1.83 bits per heavy atom. The van der Waals surface area contributed by atoms with Gasteiger partial charge in [-0.15, -0.1) is 0 Å². The average Bonchev–Trinajstić information content (AvgIpc) is 2.35. The van der Waals surface area contributed by atoms with Crippen LogP contribution in [0.1, 0.15) is 22.7 Å². The van der Waals surface area contributed by atoms with E-state index in [0.29, 0.717) is 5.02 Å². The van der Waals surface area contributed by atoms with Gasteiger partial charge in [-0.1, -0.05) is 47.5 Å². The van der Waals surface area contributed by atoms with Crippen molar-refractivity contribution in [1.29, 1.82) is 0 Å². The molecule has 0 aromatic heterocycles. The lowest BCUT2D eigenvalue weighted by Gasteiger charge is -2.18. The topological polar surface area (TPSA) is 38.0 Å². The predicted octanol–water partition coefficient (Wildman–Crippen LogP) is 3.34. The van der Waals surface area contributed by atoms with Crippen LogP contribution in [0.3, 0.4) is 0 Å². The Balaban J connectivity index is 2.41. The molecule has 0 bridgehead atoms. The van der Waals surface area contributed by atoms with Crippen molar-refractivity contribution in [3.8, 4) is 0 Å². The molecule has 1 unspecified atom stereocenters. The summed E-state index contributed by atoms with van der Waals surface area (Å²) in [4.78, 5) is 0. The van der Waals surface area contributed by atoms with E-state index in [9.17, 15) is 4.39 Å². The standard InChI is InChI=1S/C14H14ClFN2/c1-9-2-4-10(5-3-9)14(18-17)12-7-6-11(16)8-13(12)15/h2-8,14,18H,17H2,1H3. The minimum absolute atomic E-state index is 0.251. The van der Waals surface area contributed by atoms with Crippen LogP contribution in [0.4, 0.5) is 4.39 Å². The molecule has 3 N–H and O–H groups in total. The molecule has 2 rings (SSSR count). The van der Waals surface area contributed by atoms with E-state index in [0.717, 1.165) is 11.1 Å². The lowest BCUT2D eigenvalue weighted by molar-refractivity contribution is 0.615. The molecule has 0 aliphatic heterocycles. The van der Waals surface area contributed by atoms with Gasteiger partial charge in [0.25, 0.3) is 0 Å². The van der Waals surface area contributed by atoms with Gasteiger partial charge in [0.1, 0.15) is 5.82 Å². The maximum atomic E-state index is 13.0. The Bertz CT molecular complexity index is 540. The highest BCUT2D eigenvalue weighted by molar-refractivity contribution is 6.31. The van der Waals surface area contributed by atoms with Crippen molar-refractivity contribution >= 4 is 11.6 Å². The zero-order chi connectivity index (χ0) is 13.1. The largest absolute Gasteiger partial charge is 0.271 e. The molecule has 2 aromatic rings. The van der Waals surface area contributed by atoms with Crippen molar-refractivity contribution in [2.24, 2.45) is 5.84 Å². The van der Waals surface area contributed by atoms with Crippen molar-refractivity contribution in [1.82, 2.24) is 5.43 Å². The van der Waals surface area contributed by atoms with E-state index < -0.39 is 0 Å². The van der Waals surface area contributed by atoms with E-state index in [-0.39, 0.29) is 11.9 Å². The molecule has 0 heterocycles. The summed E-state index contributed by atoms with van der Waals surface area (Å²) in [6.07, 6.45) is 0. The molecule has 0 saturated carbocycles. The molecular weight excluding hydrogens is 251 g/mol. The number of aryl methyl sites for hydroxylation is 1. The molecule has 0 fully saturated rings. The van der Waals surface area contributed by atoms with Crippen LogP contribution in [0.2, 0.25) is 5.02 Å². The summed E-state index contributed by atoms with van der Waals surface area (Å²) in [6, 6.07) is 12.0. The first kappa shape index (κ1) is 13.0. The Morgan fingerprint density at radius 1 is 1.17 bits per heavy atom. The van der Waals surface area contributed by atoms with Crippen molar-refractivity contribution in [3.05, 3.63) is 70.0 Å². The van der Waals surface area contributed by atoms with Gasteiger partial charge in [0.05, 0.1) is 6.04 Å². The molecule has 18 heavy (non-hydrogen) atoms. The van der Waals surface area contributed by atoms with Gasteiger partial charge in [-0.25, -0.2) is 9.82 Å². The van der Waals surface area contributed by atoms with Gasteiger partial charge in [-0.3, -0.25) is 5.84 Å². The van der Waals surface area contributed by atoms with E-state index >= 15 is 0 Å². The molecule has 0 spiro atoms. The summed E-state index contributed by atoms with van der Waals surface area (Å²) in [5.41, 5.74) is 5.61. The lowest BCUT2D eigenvalue weighted by atomic mass is 9.98. The first-order chi connectivity index (χ1) is 8.61. The zero-order valence-corrected chi connectivity index (χ0v) is 10.7. The zero-order valence-electron chi connectivity index (χ0n) is 9.95. The van der Waals surface area contributed by atoms with Crippen molar-refractivity contribution in [2.45, 2.75) is 13.0 Å². The molecular formula is C14H14ClFN2. The predicted molar refractivity (Wildman–Crippen MR) is 71.8 cm³/mol. The molecule has 0 aliphatic rings. The summed E-state index contributed by atoms with van der Waals surface area (Å²) in [5.74, 6) is 5.22. The molecule has 0 saturated heterocycles. The molecule has 2 aromatic carbocycles. The van der Waals surface area contributed by atoms with E-state index in [1.807, 2.05) is 31.2 Å². The third kappa shape index (κ3) is 2.70. The van der Waals surface area contributed by atoms with E-state index in [4.69, 9.17) is 17.4 Å². The number of hydrogen-bond donors (Lipinski definition) is 2. The van der Waals surface area contributed by atoms with Crippen LogP contribution < -0.4 is 11.3 Å². The van der Waals surface area contributed by atoms with Crippen LogP contribution in [0, 0.1) is 12.7 Å². The van der Waals surface area contributed by atoms with Gasteiger partial charge in [-0.05, 0) is 30.2 Å². The highest BCUT2D eigenvalue weighted by Gasteiger charge is 2.15. The van der Waals surface area contributed by atoms with Crippen LogP contribution in [-0.2, 0) is 0 Å². The fourth-order valence-corrected chi connectivity index (χ4v) is 2.14. The second-order valence-electron chi connectivity index (χ2n) is 4.18. The van der Waals surface area contributed by atoms with Crippen LogP contribution >= 0.6 is 11.6 Å². The summed E-state index contributed by atoms with van der Waals surface area (Å²) in [6.45, 7) is 2.01. The second-order valence-corrected chi connectivity index (χ2v) is 4.58. The maximum absolute atomic E-state index is 13.0. The Labute approximate surface area is 111 Å². The van der Waals surface area contributed by atoms with E-state index in [1.165, 1.54) is 17.7 Å². The summed E-state index contributed by atoms with van der Waals surface area (Å²) >= 11 is 6.05. The number of halogens is 2. The Hall–Kier alpha value is -1.42. The molecule has 0 radical (unpaired) electrons. The average molecular weight is 265 g/mol. The first-order valence-electron chi connectivity index (χ1n) is 5.59. The highest BCUT2D eigenvalue weighted by Crippen LogP contribution is 2.28. The Morgan fingerprint density at radius 3 is 2.39 bits per heavy atom. The molecule has 94 valence electrons. The fraction of sp³-hybridized carbons (Fsp3) is 0.143. The van der Waals surface area contributed by atoms with Crippen molar-refractivity contribution in [3.63, 3.8) is 0 Å². The van der Waals surface area contributed by atoms with E-state index in [2.05, 4.69) is 5.43 Å². The quantitative estimate of drug-likeness (QED) is 0.659. The molecule has 0 aliphatic carbocycles. The minimum Gasteiger partial charge on any atom is -0.271 e. The molecule has 0 amide bonds. The van der Waals surface area contributed by atoms with Gasteiger partial charge in [-0.2, -0.15) is 0 Å². The fourth-order valence-electron chi connectivity index (χ4n) is 1.86. The van der Waals surface area contributed by atoms with E-state index in [1.54, 1.807) is 6.07 Å². The molecule has 1 atom stereocenters. The lowest BCUT2D eigenvalue weighted by Crippen LogP contribution is -2.29. The maximum Gasteiger partial charge on any atom is 0.124 e. The Kier molecular flexibility index (Phi) is 3.97. The van der Waals surface area contributed by atoms with Crippen LogP contribution in [0.15, 0.2) is 42.5 Å². The second kappa shape index (κ2) is 5.48. The van der Waals surface area contributed by atoms with Gasteiger partial charge >= 0.3 is 0 Å². The number of rotatable bonds is 3. The first-order valence-corrected chi connectivity index (χ1v) is 5.97. The minimum atomic E-state index is -0.358. The number of hydrazine groups is 1. The third-order valence-corrected chi connectivity index (χ3v) is 3.18. The number of nitrogens with two attached hydrogens (primary N) is 1. The van der Waals surface area contributed by atoms with Gasteiger partial charge in [0.2, 0.25) is 0 Å². The smallest absolute Gasteiger partial charge is 0.124 e. The van der Waals surface area contributed by atoms with Crippen molar-refractivity contribution < 1.29 is 4.39 Å². The number of benzene rings is 2. The van der Waals surface area contributed by atoms with Crippen LogP contribution in [-0.4, -0.2) is 0 Å². The summed E-state index contributed by atoms with van der Waals surface area (Å²) in [7, 11) is 0. The summed E-state index contributed by atoms with van der Waals surface area (Å²) in [5, 5.41) is 0.360. The van der Waals surface area contributed by atoms with Crippen LogP contribution in [0.5, 0.6) is 0 Å². The summed E-state index contributed by atoms with van der Waals surface area (Å²) < 4.78 is 13.0. The normalized spacial score (nSPS) is 12.4. The van der Waals surface area contributed by atoms with Crippen LogP contribution in [0.25, 0.3) is 0 Å². The number of nitrogens with one attached hydrogen (secondary N) is 1. The van der Waals surface area contributed by atoms with Gasteiger partial charge < -0.3 is 0 Å². The SMILES string of the molecule is Cc1ccc(C(NN)c2ccc(F)cc2Cl)cc1. The third-order valence-electron chi connectivity index (χ3n) is 2.85. The highest BCUT2D eigenvalue weighted by atomic mass is 35.5. The molecule has 4 heteroatoms. The molecule has 2 nitrogen and oxygen atoms in total. The van der Waals surface area contributed by atoms with Gasteiger partial charge in [0, 0.05) is 5.02 Å². The number of hydrogen-bond acceptors (Lipinski definition) is 2. The van der Waals surface area contributed by atoms with Crippen molar-refractivity contribution in [2.75, 3.05) is 0 Å². The van der Waals surface area contributed by atoms with Gasteiger partial charge in [0.15, 0.2) is 0 Å².